The van der Waals surface area contributed by atoms with Crippen molar-refractivity contribution >= 4 is 17.8 Å². The molecule has 0 aliphatic carbocycles. The standard InChI is InChI=1S/C18H24N2O4/c1-18(2,3)17(24)19-14(12-8-5-4-6-9-12)15(21)20-11-7-10-13(20)16(22)23/h4-6,8-9,13-14H,7,10-11H2,1-3H3,(H,19,24)(H,22,23)/t13-,14+/m0/s1. The van der Waals surface area contributed by atoms with Gasteiger partial charge in [0.25, 0.3) is 5.91 Å². The summed E-state index contributed by atoms with van der Waals surface area (Å²) in [5, 5.41) is 12.1. The smallest absolute Gasteiger partial charge is 0.326 e. The number of carboxylic acids is 1. The molecule has 1 heterocycles. The summed E-state index contributed by atoms with van der Waals surface area (Å²) in [6.07, 6.45) is 1.09. The van der Waals surface area contributed by atoms with Gasteiger partial charge in [-0.15, -0.1) is 0 Å². The van der Waals surface area contributed by atoms with E-state index < -0.39 is 23.5 Å². The van der Waals surface area contributed by atoms with E-state index in [0.717, 1.165) is 0 Å². The quantitative estimate of drug-likeness (QED) is 0.882. The van der Waals surface area contributed by atoms with E-state index in [-0.39, 0.29) is 11.8 Å². The molecule has 1 saturated heterocycles. The molecule has 1 aromatic rings. The zero-order chi connectivity index (χ0) is 17.9. The summed E-state index contributed by atoms with van der Waals surface area (Å²) in [6.45, 7) is 5.70. The van der Waals surface area contributed by atoms with Crippen LogP contribution in [0.1, 0.15) is 45.2 Å². The Bertz CT molecular complexity index is 622. The van der Waals surface area contributed by atoms with Crippen molar-refractivity contribution in [1.29, 1.82) is 0 Å². The van der Waals surface area contributed by atoms with Gasteiger partial charge in [-0.25, -0.2) is 4.79 Å². The Balaban J connectivity index is 2.30. The number of carbonyl (C=O) groups excluding carboxylic acids is 2. The molecular weight excluding hydrogens is 308 g/mol. The molecule has 2 atom stereocenters. The highest BCUT2D eigenvalue weighted by Gasteiger charge is 2.39. The molecule has 6 heteroatoms. The minimum Gasteiger partial charge on any atom is -0.480 e. The van der Waals surface area contributed by atoms with Gasteiger partial charge >= 0.3 is 5.97 Å². The summed E-state index contributed by atoms with van der Waals surface area (Å²) in [5.74, 6) is -1.63. The molecule has 130 valence electrons. The van der Waals surface area contributed by atoms with Crippen LogP contribution in [0.25, 0.3) is 0 Å². The SMILES string of the molecule is CC(C)(C)C(=O)N[C@@H](C(=O)N1CCC[C@H]1C(=O)O)c1ccccc1. The van der Waals surface area contributed by atoms with Crippen LogP contribution in [0.3, 0.4) is 0 Å². The van der Waals surface area contributed by atoms with Crippen molar-refractivity contribution in [3.05, 3.63) is 35.9 Å². The molecule has 0 aromatic heterocycles. The molecule has 2 rings (SSSR count). The van der Waals surface area contributed by atoms with Crippen molar-refractivity contribution in [2.24, 2.45) is 5.41 Å². The van der Waals surface area contributed by atoms with Crippen molar-refractivity contribution in [3.63, 3.8) is 0 Å². The van der Waals surface area contributed by atoms with E-state index in [1.165, 1.54) is 4.90 Å². The topological polar surface area (TPSA) is 86.7 Å². The predicted octanol–water partition coefficient (Wildman–Crippen LogP) is 1.97. The number of aliphatic carboxylic acids is 1. The fraction of sp³-hybridized carbons (Fsp3) is 0.500. The first-order valence-electron chi connectivity index (χ1n) is 8.11. The average Bonchev–Trinajstić information content (AvgIpc) is 3.01. The van der Waals surface area contributed by atoms with E-state index in [4.69, 9.17) is 0 Å². The van der Waals surface area contributed by atoms with E-state index in [1.807, 2.05) is 6.07 Å². The molecule has 0 saturated carbocycles. The van der Waals surface area contributed by atoms with Gasteiger partial charge in [-0.2, -0.15) is 0 Å². The van der Waals surface area contributed by atoms with Crippen LogP contribution in [0.2, 0.25) is 0 Å². The second-order valence-corrected chi connectivity index (χ2v) is 7.10. The molecule has 1 fully saturated rings. The van der Waals surface area contributed by atoms with E-state index in [9.17, 15) is 19.5 Å². The molecule has 24 heavy (non-hydrogen) atoms. The lowest BCUT2D eigenvalue weighted by atomic mass is 9.94. The van der Waals surface area contributed by atoms with Crippen LogP contribution in [-0.4, -0.2) is 40.4 Å². The Morgan fingerprint density at radius 2 is 1.83 bits per heavy atom. The third-order valence-electron chi connectivity index (χ3n) is 4.16. The zero-order valence-electron chi connectivity index (χ0n) is 14.3. The van der Waals surface area contributed by atoms with Crippen molar-refractivity contribution in [2.45, 2.75) is 45.7 Å². The molecule has 2 amide bonds. The second-order valence-electron chi connectivity index (χ2n) is 7.10. The van der Waals surface area contributed by atoms with Crippen LogP contribution in [0.5, 0.6) is 0 Å². The fourth-order valence-corrected chi connectivity index (χ4v) is 2.73. The molecule has 1 aliphatic rings. The molecule has 0 spiro atoms. The minimum absolute atomic E-state index is 0.254. The first kappa shape index (κ1) is 18.0. The molecule has 0 bridgehead atoms. The lowest BCUT2D eigenvalue weighted by Crippen LogP contribution is -2.49. The molecule has 2 N–H and O–H groups in total. The van der Waals surface area contributed by atoms with Gasteiger partial charge in [0.05, 0.1) is 0 Å². The number of carboxylic acid groups (broad SMARTS) is 1. The van der Waals surface area contributed by atoms with Gasteiger partial charge in [0.15, 0.2) is 0 Å². The van der Waals surface area contributed by atoms with Gasteiger partial charge in [0, 0.05) is 12.0 Å². The van der Waals surface area contributed by atoms with E-state index in [1.54, 1.807) is 45.0 Å². The third kappa shape index (κ3) is 3.93. The number of nitrogens with zero attached hydrogens (tertiary/aromatic N) is 1. The van der Waals surface area contributed by atoms with Gasteiger partial charge < -0.3 is 15.3 Å². The van der Waals surface area contributed by atoms with E-state index in [2.05, 4.69) is 5.32 Å². The average molecular weight is 332 g/mol. The number of amides is 2. The summed E-state index contributed by atoms with van der Waals surface area (Å²) in [4.78, 5) is 38.1. The maximum Gasteiger partial charge on any atom is 0.326 e. The first-order valence-corrected chi connectivity index (χ1v) is 8.11. The number of benzene rings is 1. The Labute approximate surface area is 141 Å². The first-order chi connectivity index (χ1) is 11.2. The van der Waals surface area contributed by atoms with Crippen molar-refractivity contribution in [3.8, 4) is 0 Å². The summed E-state index contributed by atoms with van der Waals surface area (Å²) in [5.41, 5.74) is 0.000908. The summed E-state index contributed by atoms with van der Waals surface area (Å²) in [7, 11) is 0. The predicted molar refractivity (Wildman–Crippen MR) is 89.2 cm³/mol. The van der Waals surface area contributed by atoms with Gasteiger partial charge in [-0.05, 0) is 18.4 Å². The highest BCUT2D eigenvalue weighted by molar-refractivity contribution is 5.92. The molecular formula is C18H24N2O4. The normalized spacial score (nSPS) is 19.0. The second kappa shape index (κ2) is 7.03. The molecule has 0 radical (unpaired) electrons. The van der Waals surface area contributed by atoms with Gasteiger partial charge in [0.2, 0.25) is 5.91 Å². The van der Waals surface area contributed by atoms with Crippen LogP contribution in [-0.2, 0) is 14.4 Å². The van der Waals surface area contributed by atoms with Gasteiger partial charge in [-0.1, -0.05) is 51.1 Å². The number of likely N-dealkylation sites (tertiary alicyclic amines) is 1. The fourth-order valence-electron chi connectivity index (χ4n) is 2.73. The molecule has 6 nitrogen and oxygen atoms in total. The van der Waals surface area contributed by atoms with Crippen molar-refractivity contribution in [2.75, 3.05) is 6.54 Å². The molecule has 1 aromatic carbocycles. The molecule has 0 unspecified atom stereocenters. The van der Waals surface area contributed by atoms with Crippen LogP contribution in [0.4, 0.5) is 0 Å². The van der Waals surface area contributed by atoms with Crippen LogP contribution in [0, 0.1) is 5.41 Å². The number of carbonyl (C=O) groups is 3. The lowest BCUT2D eigenvalue weighted by molar-refractivity contribution is -0.149. The Kier molecular flexibility index (Phi) is 5.26. The lowest BCUT2D eigenvalue weighted by Gasteiger charge is -2.29. The maximum absolute atomic E-state index is 13.0. The monoisotopic (exact) mass is 332 g/mol. The van der Waals surface area contributed by atoms with Gasteiger partial charge in [0.1, 0.15) is 12.1 Å². The summed E-state index contributed by atoms with van der Waals surface area (Å²) < 4.78 is 0. The zero-order valence-corrected chi connectivity index (χ0v) is 14.3. The summed E-state index contributed by atoms with van der Waals surface area (Å²) >= 11 is 0. The van der Waals surface area contributed by atoms with Crippen molar-refractivity contribution < 1.29 is 19.5 Å². The minimum atomic E-state index is -1.00. The highest BCUT2D eigenvalue weighted by atomic mass is 16.4. The number of rotatable bonds is 4. The van der Waals surface area contributed by atoms with E-state index in [0.29, 0.717) is 24.9 Å². The van der Waals surface area contributed by atoms with Crippen LogP contribution < -0.4 is 5.32 Å². The third-order valence-corrected chi connectivity index (χ3v) is 4.16. The maximum atomic E-state index is 13.0. The highest BCUT2D eigenvalue weighted by Crippen LogP contribution is 2.25. The van der Waals surface area contributed by atoms with Gasteiger partial charge in [-0.3, -0.25) is 9.59 Å². The number of hydrogen-bond donors (Lipinski definition) is 2. The van der Waals surface area contributed by atoms with Crippen LogP contribution >= 0.6 is 0 Å². The number of nitrogens with one attached hydrogen (secondary N) is 1. The van der Waals surface area contributed by atoms with E-state index >= 15 is 0 Å². The van der Waals surface area contributed by atoms with Crippen molar-refractivity contribution in [1.82, 2.24) is 10.2 Å². The molecule has 1 aliphatic heterocycles. The summed E-state index contributed by atoms with van der Waals surface area (Å²) in [6, 6.07) is 7.23. The Morgan fingerprint density at radius 1 is 1.21 bits per heavy atom. The number of hydrogen-bond acceptors (Lipinski definition) is 3. The van der Waals surface area contributed by atoms with Crippen LogP contribution in [0.15, 0.2) is 30.3 Å². The Hall–Kier alpha value is -2.37. The largest absolute Gasteiger partial charge is 0.480 e. The Morgan fingerprint density at radius 3 is 2.38 bits per heavy atom.